The van der Waals surface area contributed by atoms with Crippen molar-refractivity contribution < 1.29 is 0 Å². The Bertz CT molecular complexity index is 361. The molecule has 1 aliphatic rings. The highest BCUT2D eigenvalue weighted by atomic mass is 16.1. The van der Waals surface area contributed by atoms with Crippen LogP contribution in [0.15, 0.2) is 10.3 Å². The summed E-state index contributed by atoms with van der Waals surface area (Å²) in [6.45, 7) is 0. The lowest BCUT2D eigenvalue weighted by Crippen LogP contribution is -2.08. The van der Waals surface area contributed by atoms with Crippen molar-refractivity contribution in [3.05, 3.63) is 27.1 Å². The molecule has 4 heteroatoms. The summed E-state index contributed by atoms with van der Waals surface area (Å²) in [5, 5.41) is 5.28. The summed E-state index contributed by atoms with van der Waals surface area (Å²) in [7, 11) is 5.58. The van der Waals surface area contributed by atoms with Gasteiger partial charge in [-0.15, -0.1) is 5.47 Å². The Morgan fingerprint density at radius 3 is 3.00 bits per heavy atom. The molecule has 11 heavy (non-hydrogen) atoms. The minimum absolute atomic E-state index is 0.0243. The van der Waals surface area contributed by atoms with Gasteiger partial charge in [0.05, 0.1) is 5.69 Å². The van der Waals surface area contributed by atoms with Crippen LogP contribution >= 0.6 is 0 Å². The second-order valence-electron chi connectivity index (χ2n) is 2.69. The molecule has 3 nitrogen and oxygen atoms in total. The van der Waals surface area contributed by atoms with Crippen LogP contribution in [0.2, 0.25) is 0 Å². The Kier molecular flexibility index (Phi) is 1.28. The second kappa shape index (κ2) is 2.15. The molecule has 0 spiro atoms. The van der Waals surface area contributed by atoms with Crippen molar-refractivity contribution in [2.24, 2.45) is 0 Å². The van der Waals surface area contributed by atoms with E-state index in [4.69, 9.17) is 7.85 Å². The highest BCUT2D eigenvalue weighted by Crippen LogP contribution is 2.16. The average molecular weight is 146 g/mol. The van der Waals surface area contributed by atoms with Crippen LogP contribution in [-0.4, -0.2) is 18.0 Å². The molecule has 1 aromatic heterocycles. The Balaban J connectivity index is 2.62. The van der Waals surface area contributed by atoms with Gasteiger partial charge in [0.15, 0.2) is 0 Å². The third kappa shape index (κ3) is 0.945. The van der Waals surface area contributed by atoms with Gasteiger partial charge in [0.25, 0.3) is 5.56 Å². The minimum Gasteiger partial charge on any atom is -0.298 e. The topological polar surface area (TPSA) is 48.6 Å². The molecule has 0 saturated heterocycles. The summed E-state index contributed by atoms with van der Waals surface area (Å²) < 4.78 is 0. The summed E-state index contributed by atoms with van der Waals surface area (Å²) in [5.41, 5.74) is 2.45. The van der Waals surface area contributed by atoms with E-state index in [0.717, 1.165) is 29.6 Å². The SMILES string of the molecule is [B]C1=Cc2[nH][nH]c(=O)c2CC1. The summed E-state index contributed by atoms with van der Waals surface area (Å²) >= 11 is 0. The van der Waals surface area contributed by atoms with E-state index < -0.39 is 0 Å². The molecular formula is C7H7BN2O. The van der Waals surface area contributed by atoms with Gasteiger partial charge in [0.1, 0.15) is 7.85 Å². The number of allylic oxidation sites excluding steroid dienone is 1. The normalized spacial score (nSPS) is 15.8. The van der Waals surface area contributed by atoms with Crippen LogP contribution in [0, 0.1) is 0 Å². The first-order valence-electron chi connectivity index (χ1n) is 3.53. The number of H-pyrrole nitrogens is 2. The maximum atomic E-state index is 11.0. The molecule has 0 amide bonds. The van der Waals surface area contributed by atoms with Gasteiger partial charge in [-0.3, -0.25) is 15.0 Å². The standard InChI is InChI=1S/C7H7BN2O/c8-4-1-2-5-6(3-4)9-10-7(5)11/h3H,1-2H2,(H2,9,10,11). The van der Waals surface area contributed by atoms with Crippen LogP contribution in [-0.2, 0) is 6.42 Å². The predicted molar refractivity (Wildman–Crippen MR) is 43.5 cm³/mol. The molecule has 1 aromatic rings. The molecule has 0 saturated carbocycles. The summed E-state index contributed by atoms with van der Waals surface area (Å²) in [6.07, 6.45) is 3.33. The van der Waals surface area contributed by atoms with Crippen molar-refractivity contribution >= 4 is 13.9 Å². The van der Waals surface area contributed by atoms with E-state index in [-0.39, 0.29) is 5.56 Å². The lowest BCUT2D eigenvalue weighted by molar-refractivity contribution is 0.961. The fourth-order valence-corrected chi connectivity index (χ4v) is 1.30. The van der Waals surface area contributed by atoms with Gasteiger partial charge in [-0.2, -0.15) is 0 Å². The highest BCUT2D eigenvalue weighted by molar-refractivity contribution is 6.24. The van der Waals surface area contributed by atoms with E-state index in [1.165, 1.54) is 0 Å². The quantitative estimate of drug-likeness (QED) is 0.503. The number of nitrogens with one attached hydrogen (secondary N) is 2. The second-order valence-corrected chi connectivity index (χ2v) is 2.69. The molecule has 54 valence electrons. The van der Waals surface area contributed by atoms with E-state index in [1.54, 1.807) is 6.08 Å². The summed E-state index contributed by atoms with van der Waals surface area (Å²) in [4.78, 5) is 11.0. The molecule has 1 aliphatic carbocycles. The lowest BCUT2D eigenvalue weighted by Gasteiger charge is -2.06. The van der Waals surface area contributed by atoms with Crippen molar-refractivity contribution in [1.82, 2.24) is 10.2 Å². The van der Waals surface area contributed by atoms with Crippen LogP contribution in [0.5, 0.6) is 0 Å². The number of aromatic amines is 2. The Morgan fingerprint density at radius 2 is 2.18 bits per heavy atom. The van der Waals surface area contributed by atoms with Gasteiger partial charge in [0, 0.05) is 5.56 Å². The van der Waals surface area contributed by atoms with Crippen LogP contribution in [0.4, 0.5) is 0 Å². The average Bonchev–Trinajstić information content (AvgIpc) is 2.32. The number of rotatable bonds is 0. The molecule has 0 bridgehead atoms. The van der Waals surface area contributed by atoms with Gasteiger partial charge in [-0.1, -0.05) is 0 Å². The molecular weight excluding hydrogens is 139 g/mol. The van der Waals surface area contributed by atoms with E-state index in [9.17, 15) is 4.79 Å². The van der Waals surface area contributed by atoms with Gasteiger partial charge in [-0.05, 0) is 18.9 Å². The highest BCUT2D eigenvalue weighted by Gasteiger charge is 2.11. The van der Waals surface area contributed by atoms with Crippen LogP contribution in [0.25, 0.3) is 6.08 Å². The molecule has 0 unspecified atom stereocenters. The van der Waals surface area contributed by atoms with Crippen LogP contribution in [0.1, 0.15) is 17.7 Å². The van der Waals surface area contributed by atoms with Gasteiger partial charge in [-0.25, -0.2) is 0 Å². The van der Waals surface area contributed by atoms with Crippen molar-refractivity contribution in [1.29, 1.82) is 0 Å². The van der Waals surface area contributed by atoms with Gasteiger partial charge >= 0.3 is 0 Å². The number of hydrogen-bond acceptors (Lipinski definition) is 1. The predicted octanol–water partition coefficient (Wildman–Crippen LogP) is 0.159. The Morgan fingerprint density at radius 1 is 1.36 bits per heavy atom. The van der Waals surface area contributed by atoms with Crippen molar-refractivity contribution in [2.45, 2.75) is 12.8 Å². The molecule has 0 fully saturated rings. The van der Waals surface area contributed by atoms with Crippen molar-refractivity contribution in [3.63, 3.8) is 0 Å². The van der Waals surface area contributed by atoms with Crippen molar-refractivity contribution in [2.75, 3.05) is 0 Å². The van der Waals surface area contributed by atoms with Crippen LogP contribution in [0.3, 0.4) is 0 Å². The lowest BCUT2D eigenvalue weighted by atomic mass is 9.85. The zero-order chi connectivity index (χ0) is 7.84. The maximum absolute atomic E-state index is 11.0. The first-order chi connectivity index (χ1) is 5.27. The zero-order valence-corrected chi connectivity index (χ0v) is 5.98. The minimum atomic E-state index is -0.0243. The van der Waals surface area contributed by atoms with E-state index in [2.05, 4.69) is 10.2 Å². The summed E-state index contributed by atoms with van der Waals surface area (Å²) in [6, 6.07) is 0. The monoisotopic (exact) mass is 146 g/mol. The molecule has 2 rings (SSSR count). The Hall–Kier alpha value is -1.19. The fourth-order valence-electron chi connectivity index (χ4n) is 1.30. The number of aromatic nitrogens is 2. The molecule has 2 radical (unpaired) electrons. The smallest absolute Gasteiger partial charge is 0.267 e. The number of hydrogen-bond donors (Lipinski definition) is 2. The molecule has 0 atom stereocenters. The van der Waals surface area contributed by atoms with Crippen molar-refractivity contribution in [3.8, 4) is 0 Å². The third-order valence-electron chi connectivity index (χ3n) is 1.90. The molecule has 1 heterocycles. The fraction of sp³-hybridized carbons (Fsp3) is 0.286. The van der Waals surface area contributed by atoms with E-state index in [1.807, 2.05) is 0 Å². The van der Waals surface area contributed by atoms with Crippen LogP contribution < -0.4 is 5.56 Å². The zero-order valence-electron chi connectivity index (χ0n) is 5.98. The Labute approximate surface area is 64.9 Å². The van der Waals surface area contributed by atoms with E-state index >= 15 is 0 Å². The molecule has 2 N–H and O–H groups in total. The first kappa shape index (κ1) is 6.52. The van der Waals surface area contributed by atoms with E-state index in [0.29, 0.717) is 0 Å². The van der Waals surface area contributed by atoms with Gasteiger partial charge < -0.3 is 0 Å². The summed E-state index contributed by atoms with van der Waals surface area (Å²) in [5.74, 6) is 0. The number of fused-ring (bicyclic) bond motifs is 1. The van der Waals surface area contributed by atoms with Gasteiger partial charge in [0.2, 0.25) is 0 Å². The maximum Gasteiger partial charge on any atom is 0.267 e. The molecule has 0 aliphatic heterocycles. The third-order valence-corrected chi connectivity index (χ3v) is 1.90. The molecule has 0 aromatic carbocycles. The first-order valence-corrected chi connectivity index (χ1v) is 3.53. The largest absolute Gasteiger partial charge is 0.298 e.